The van der Waals surface area contributed by atoms with Crippen molar-refractivity contribution in [1.29, 1.82) is 0 Å². The molecule has 3 rings (SSSR count). The topological polar surface area (TPSA) is 76.1 Å². The molecule has 1 heterocycles. The number of ether oxygens (including phenoxy) is 1. The lowest BCUT2D eigenvalue weighted by molar-refractivity contribution is -0.118. The van der Waals surface area contributed by atoms with Crippen LogP contribution in [-0.4, -0.2) is 29.0 Å². The molecule has 6 nitrogen and oxygen atoms in total. The van der Waals surface area contributed by atoms with Crippen LogP contribution >= 0.6 is 23.1 Å². The van der Waals surface area contributed by atoms with Crippen LogP contribution in [0.25, 0.3) is 0 Å². The first kappa shape index (κ1) is 19.1. The number of anilines is 2. The van der Waals surface area contributed by atoms with Crippen LogP contribution in [0.4, 0.5) is 15.2 Å². The highest BCUT2D eigenvalue weighted by molar-refractivity contribution is 8.01. The van der Waals surface area contributed by atoms with Crippen LogP contribution in [0.3, 0.4) is 0 Å². The van der Waals surface area contributed by atoms with Crippen molar-refractivity contribution in [2.45, 2.75) is 10.9 Å². The molecule has 0 aliphatic heterocycles. The van der Waals surface area contributed by atoms with Gasteiger partial charge in [0.1, 0.15) is 11.6 Å². The van der Waals surface area contributed by atoms with Gasteiger partial charge in [0.05, 0.1) is 18.6 Å². The van der Waals surface area contributed by atoms with Crippen LogP contribution in [0.2, 0.25) is 0 Å². The molecule has 140 valence electrons. The van der Waals surface area contributed by atoms with Crippen LogP contribution in [0.1, 0.15) is 5.56 Å². The number of aromatic nitrogens is 2. The number of hydrogen-bond donors (Lipinski definition) is 2. The number of benzene rings is 2. The minimum absolute atomic E-state index is 0.121. The molecule has 1 amide bonds. The Labute approximate surface area is 164 Å². The van der Waals surface area contributed by atoms with Crippen LogP contribution < -0.4 is 15.4 Å². The fourth-order valence-electron chi connectivity index (χ4n) is 2.22. The van der Waals surface area contributed by atoms with Gasteiger partial charge in [-0.15, -0.1) is 10.2 Å². The van der Waals surface area contributed by atoms with Crippen LogP contribution in [0, 0.1) is 5.82 Å². The van der Waals surface area contributed by atoms with Gasteiger partial charge in [-0.3, -0.25) is 4.79 Å². The molecule has 27 heavy (non-hydrogen) atoms. The number of amides is 1. The summed E-state index contributed by atoms with van der Waals surface area (Å²) in [6.07, 6.45) is 0. The van der Waals surface area contributed by atoms with Gasteiger partial charge in [0.25, 0.3) is 0 Å². The summed E-state index contributed by atoms with van der Waals surface area (Å²) in [7, 11) is 1.60. The van der Waals surface area contributed by atoms with Crippen LogP contribution in [-0.2, 0) is 11.3 Å². The molecule has 0 atom stereocenters. The zero-order valence-corrected chi connectivity index (χ0v) is 16.1. The van der Waals surface area contributed by atoms with Gasteiger partial charge in [-0.05, 0) is 18.2 Å². The maximum Gasteiger partial charge on any atom is 0.230 e. The predicted octanol–water partition coefficient (Wildman–Crippen LogP) is 3.84. The van der Waals surface area contributed by atoms with E-state index in [-0.39, 0.29) is 17.5 Å². The van der Waals surface area contributed by atoms with E-state index in [1.165, 1.54) is 29.2 Å². The van der Waals surface area contributed by atoms with Gasteiger partial charge in [0.2, 0.25) is 11.0 Å². The molecule has 9 heteroatoms. The van der Waals surface area contributed by atoms with Gasteiger partial charge in [0.15, 0.2) is 4.34 Å². The Morgan fingerprint density at radius 2 is 1.96 bits per heavy atom. The number of thioether (sulfide) groups is 1. The molecule has 0 radical (unpaired) electrons. The van der Waals surface area contributed by atoms with E-state index in [1.54, 1.807) is 25.3 Å². The molecule has 1 aromatic heterocycles. The second-order valence-corrected chi connectivity index (χ2v) is 7.56. The highest BCUT2D eigenvalue weighted by Gasteiger charge is 2.10. The zero-order valence-electron chi connectivity index (χ0n) is 14.4. The van der Waals surface area contributed by atoms with Crippen molar-refractivity contribution in [2.24, 2.45) is 0 Å². The minimum atomic E-state index is -0.363. The summed E-state index contributed by atoms with van der Waals surface area (Å²) in [5.74, 6) is 0.463. The van der Waals surface area contributed by atoms with E-state index >= 15 is 0 Å². The van der Waals surface area contributed by atoms with Crippen molar-refractivity contribution in [1.82, 2.24) is 15.5 Å². The molecule has 0 spiro atoms. The normalized spacial score (nSPS) is 10.4. The standard InChI is InChI=1S/C18H17FN4O2S2/c1-25-15-9-5-2-6-12(15)10-20-16(24)11-26-18-23-22-17(27-18)21-14-8-4-3-7-13(14)19/h2-9H,10-11H2,1H3,(H,20,24)(H,21,22). The first-order valence-corrected chi connectivity index (χ1v) is 9.82. The van der Waals surface area contributed by atoms with E-state index in [1.807, 2.05) is 24.3 Å². The Balaban J connectivity index is 1.48. The van der Waals surface area contributed by atoms with Gasteiger partial charge >= 0.3 is 0 Å². The van der Waals surface area contributed by atoms with Gasteiger partial charge < -0.3 is 15.4 Å². The molecular weight excluding hydrogens is 387 g/mol. The molecule has 0 fully saturated rings. The zero-order chi connectivity index (χ0) is 19.1. The van der Waals surface area contributed by atoms with Crippen molar-refractivity contribution < 1.29 is 13.9 Å². The Morgan fingerprint density at radius 1 is 1.19 bits per heavy atom. The van der Waals surface area contributed by atoms with Gasteiger partial charge in [-0.2, -0.15) is 0 Å². The molecule has 0 saturated heterocycles. The fourth-order valence-corrected chi connectivity index (χ4v) is 3.81. The van der Waals surface area contributed by atoms with Gasteiger partial charge in [-0.1, -0.05) is 53.4 Å². The van der Waals surface area contributed by atoms with E-state index in [4.69, 9.17) is 4.74 Å². The summed E-state index contributed by atoms with van der Waals surface area (Å²) in [4.78, 5) is 12.1. The number of methoxy groups -OCH3 is 1. The van der Waals surface area contributed by atoms with Crippen molar-refractivity contribution in [2.75, 3.05) is 18.2 Å². The Bertz CT molecular complexity index is 920. The average molecular weight is 404 g/mol. The molecule has 2 N–H and O–H groups in total. The lowest BCUT2D eigenvalue weighted by Crippen LogP contribution is -2.24. The molecule has 0 saturated carbocycles. The first-order chi connectivity index (χ1) is 13.2. The molecule has 0 aliphatic rings. The molecular formula is C18H17FN4O2S2. The van der Waals surface area contributed by atoms with E-state index in [0.29, 0.717) is 21.7 Å². The van der Waals surface area contributed by atoms with E-state index in [2.05, 4.69) is 20.8 Å². The van der Waals surface area contributed by atoms with Crippen molar-refractivity contribution in [3.8, 4) is 5.75 Å². The Hall–Kier alpha value is -2.65. The largest absolute Gasteiger partial charge is 0.496 e. The number of hydrogen-bond acceptors (Lipinski definition) is 7. The number of halogens is 1. The summed E-state index contributed by atoms with van der Waals surface area (Å²) < 4.78 is 19.5. The number of nitrogens with one attached hydrogen (secondary N) is 2. The van der Waals surface area contributed by atoms with Crippen LogP contribution in [0.5, 0.6) is 5.75 Å². The second-order valence-electron chi connectivity index (χ2n) is 5.36. The van der Waals surface area contributed by atoms with E-state index in [0.717, 1.165) is 11.3 Å². The molecule has 3 aromatic rings. The Kier molecular flexibility index (Phi) is 6.61. The summed E-state index contributed by atoms with van der Waals surface area (Å²) in [6.45, 7) is 0.389. The summed E-state index contributed by atoms with van der Waals surface area (Å²) >= 11 is 2.54. The Morgan fingerprint density at radius 3 is 2.78 bits per heavy atom. The maximum absolute atomic E-state index is 13.6. The summed E-state index contributed by atoms with van der Waals surface area (Å²) in [5.41, 5.74) is 1.24. The third kappa shape index (κ3) is 5.41. The molecule has 0 unspecified atom stereocenters. The monoisotopic (exact) mass is 404 g/mol. The van der Waals surface area contributed by atoms with E-state index < -0.39 is 0 Å². The highest BCUT2D eigenvalue weighted by atomic mass is 32.2. The first-order valence-electron chi connectivity index (χ1n) is 8.02. The third-order valence-corrected chi connectivity index (χ3v) is 5.49. The van der Waals surface area contributed by atoms with Gasteiger partial charge in [0, 0.05) is 12.1 Å². The highest BCUT2D eigenvalue weighted by Crippen LogP contribution is 2.28. The summed E-state index contributed by atoms with van der Waals surface area (Å²) in [5, 5.41) is 14.2. The SMILES string of the molecule is COc1ccccc1CNC(=O)CSc1nnc(Nc2ccccc2F)s1. The lowest BCUT2D eigenvalue weighted by Gasteiger charge is -2.09. The lowest BCUT2D eigenvalue weighted by atomic mass is 10.2. The molecule has 0 bridgehead atoms. The number of para-hydroxylation sites is 2. The second kappa shape index (κ2) is 9.33. The minimum Gasteiger partial charge on any atom is -0.496 e. The van der Waals surface area contributed by atoms with Crippen LogP contribution in [0.15, 0.2) is 52.9 Å². The number of carbonyl (C=O) groups is 1. The van der Waals surface area contributed by atoms with Gasteiger partial charge in [-0.25, -0.2) is 4.39 Å². The van der Waals surface area contributed by atoms with Crippen molar-refractivity contribution >= 4 is 39.8 Å². The van der Waals surface area contributed by atoms with Crippen molar-refractivity contribution in [3.63, 3.8) is 0 Å². The average Bonchev–Trinajstić information content (AvgIpc) is 3.14. The summed E-state index contributed by atoms with van der Waals surface area (Å²) in [6, 6.07) is 13.9. The number of rotatable bonds is 8. The van der Waals surface area contributed by atoms with E-state index in [9.17, 15) is 9.18 Å². The smallest absolute Gasteiger partial charge is 0.230 e. The molecule has 2 aromatic carbocycles. The predicted molar refractivity (Wildman–Crippen MR) is 105 cm³/mol. The number of carbonyl (C=O) groups excluding carboxylic acids is 1. The molecule has 0 aliphatic carbocycles. The van der Waals surface area contributed by atoms with Crippen molar-refractivity contribution in [3.05, 3.63) is 59.9 Å². The fraction of sp³-hybridized carbons (Fsp3) is 0.167. The maximum atomic E-state index is 13.6. The quantitative estimate of drug-likeness (QED) is 0.556. The third-order valence-electron chi connectivity index (χ3n) is 3.52. The number of nitrogens with zero attached hydrogens (tertiary/aromatic N) is 2.